The van der Waals surface area contributed by atoms with Crippen LogP contribution in [-0.4, -0.2) is 13.7 Å². The van der Waals surface area contributed by atoms with E-state index in [1.807, 2.05) is 43.3 Å². The molecule has 1 N–H and O–H groups in total. The lowest BCUT2D eigenvalue weighted by atomic mass is 10.0. The van der Waals surface area contributed by atoms with Gasteiger partial charge in [0.25, 0.3) is 0 Å². The Morgan fingerprint density at radius 2 is 1.79 bits per heavy atom. The van der Waals surface area contributed by atoms with Crippen LogP contribution in [0.2, 0.25) is 0 Å². The molecule has 0 aromatic heterocycles. The van der Waals surface area contributed by atoms with E-state index in [1.54, 1.807) is 13.2 Å². The van der Waals surface area contributed by atoms with Gasteiger partial charge < -0.3 is 10.1 Å². The van der Waals surface area contributed by atoms with Crippen molar-refractivity contribution in [2.75, 3.05) is 19.0 Å². The van der Waals surface area contributed by atoms with E-state index in [9.17, 15) is 4.39 Å². The molecule has 0 aliphatic heterocycles. The maximum atomic E-state index is 13.6. The van der Waals surface area contributed by atoms with Gasteiger partial charge in [0.05, 0.1) is 7.11 Å². The highest BCUT2D eigenvalue weighted by atomic mass is 19.1. The molecule has 0 spiro atoms. The van der Waals surface area contributed by atoms with Crippen LogP contribution in [0.3, 0.4) is 0 Å². The molecule has 0 aliphatic rings. The standard InChI is InChI=1S/C16H18FNO/c1-12(15-5-3-4-6-16(15)17)11-18-13-7-9-14(19-2)10-8-13/h3-10,12,18H,11H2,1-2H3/t12-/m0/s1. The van der Waals surface area contributed by atoms with Gasteiger partial charge in [0, 0.05) is 18.2 Å². The van der Waals surface area contributed by atoms with Crippen LogP contribution in [-0.2, 0) is 0 Å². The third kappa shape index (κ3) is 3.47. The van der Waals surface area contributed by atoms with E-state index in [1.165, 1.54) is 6.07 Å². The lowest BCUT2D eigenvalue weighted by molar-refractivity contribution is 0.415. The van der Waals surface area contributed by atoms with Crippen LogP contribution in [0.5, 0.6) is 5.75 Å². The molecule has 19 heavy (non-hydrogen) atoms. The summed E-state index contributed by atoms with van der Waals surface area (Å²) in [6, 6.07) is 14.6. The highest BCUT2D eigenvalue weighted by Crippen LogP contribution is 2.20. The van der Waals surface area contributed by atoms with Crippen LogP contribution in [0.25, 0.3) is 0 Å². The van der Waals surface area contributed by atoms with Crippen LogP contribution in [0.15, 0.2) is 48.5 Å². The van der Waals surface area contributed by atoms with Crippen LogP contribution < -0.4 is 10.1 Å². The molecule has 0 heterocycles. The van der Waals surface area contributed by atoms with E-state index in [4.69, 9.17) is 4.74 Å². The van der Waals surface area contributed by atoms with Crippen molar-refractivity contribution in [3.8, 4) is 5.75 Å². The minimum Gasteiger partial charge on any atom is -0.497 e. The summed E-state index contributed by atoms with van der Waals surface area (Å²) < 4.78 is 18.7. The van der Waals surface area contributed by atoms with Gasteiger partial charge in [-0.3, -0.25) is 0 Å². The number of benzene rings is 2. The van der Waals surface area contributed by atoms with Crippen molar-refractivity contribution in [1.82, 2.24) is 0 Å². The third-order valence-corrected chi connectivity index (χ3v) is 3.14. The lowest BCUT2D eigenvalue weighted by Crippen LogP contribution is -2.11. The van der Waals surface area contributed by atoms with Crippen molar-refractivity contribution in [2.24, 2.45) is 0 Å². The molecule has 0 aliphatic carbocycles. The number of nitrogens with one attached hydrogen (secondary N) is 1. The highest BCUT2D eigenvalue weighted by Gasteiger charge is 2.09. The number of ether oxygens (including phenoxy) is 1. The molecule has 0 unspecified atom stereocenters. The largest absolute Gasteiger partial charge is 0.497 e. The second kappa shape index (κ2) is 6.23. The van der Waals surface area contributed by atoms with E-state index >= 15 is 0 Å². The summed E-state index contributed by atoms with van der Waals surface area (Å²) in [7, 11) is 1.64. The van der Waals surface area contributed by atoms with Crippen molar-refractivity contribution < 1.29 is 9.13 Å². The minimum absolute atomic E-state index is 0.114. The van der Waals surface area contributed by atoms with Gasteiger partial charge >= 0.3 is 0 Å². The topological polar surface area (TPSA) is 21.3 Å². The van der Waals surface area contributed by atoms with Crippen LogP contribution in [0.4, 0.5) is 10.1 Å². The molecule has 0 saturated carbocycles. The van der Waals surface area contributed by atoms with Crippen LogP contribution >= 0.6 is 0 Å². The summed E-state index contributed by atoms with van der Waals surface area (Å²) in [5.41, 5.74) is 1.74. The van der Waals surface area contributed by atoms with Gasteiger partial charge in [-0.1, -0.05) is 25.1 Å². The van der Waals surface area contributed by atoms with Gasteiger partial charge in [0.1, 0.15) is 11.6 Å². The first kappa shape index (κ1) is 13.4. The lowest BCUT2D eigenvalue weighted by Gasteiger charge is -2.15. The highest BCUT2D eigenvalue weighted by molar-refractivity contribution is 5.46. The molecule has 0 fully saturated rings. The second-order valence-corrected chi connectivity index (χ2v) is 4.53. The molecule has 2 rings (SSSR count). The molecule has 1 atom stereocenters. The van der Waals surface area contributed by atoms with E-state index in [-0.39, 0.29) is 11.7 Å². The zero-order valence-corrected chi connectivity index (χ0v) is 11.2. The Balaban J connectivity index is 1.96. The minimum atomic E-state index is -0.147. The summed E-state index contributed by atoms with van der Waals surface area (Å²) in [6.07, 6.45) is 0. The Bertz CT molecular complexity index is 525. The number of hydrogen-bond acceptors (Lipinski definition) is 2. The Morgan fingerprint density at radius 1 is 1.11 bits per heavy atom. The maximum Gasteiger partial charge on any atom is 0.126 e. The predicted octanol–water partition coefficient (Wildman–Crippen LogP) is 4.05. The number of halogens is 1. The normalized spacial score (nSPS) is 11.9. The van der Waals surface area contributed by atoms with E-state index < -0.39 is 0 Å². The van der Waals surface area contributed by atoms with E-state index in [2.05, 4.69) is 5.32 Å². The van der Waals surface area contributed by atoms with Crippen LogP contribution in [0, 0.1) is 5.82 Å². The molecule has 0 bridgehead atoms. The van der Waals surface area contributed by atoms with Crippen molar-refractivity contribution in [3.63, 3.8) is 0 Å². The molecule has 2 aromatic rings. The van der Waals surface area contributed by atoms with E-state index in [0.29, 0.717) is 6.54 Å². The van der Waals surface area contributed by atoms with Gasteiger partial charge in [-0.15, -0.1) is 0 Å². The van der Waals surface area contributed by atoms with Crippen molar-refractivity contribution >= 4 is 5.69 Å². The van der Waals surface area contributed by atoms with Gasteiger partial charge in [0.2, 0.25) is 0 Å². The zero-order valence-electron chi connectivity index (χ0n) is 11.2. The van der Waals surface area contributed by atoms with Crippen LogP contribution in [0.1, 0.15) is 18.4 Å². The molecule has 2 nitrogen and oxygen atoms in total. The molecule has 0 saturated heterocycles. The average Bonchev–Trinajstić information content (AvgIpc) is 2.46. The fourth-order valence-electron chi connectivity index (χ4n) is 1.96. The van der Waals surface area contributed by atoms with Crippen molar-refractivity contribution in [2.45, 2.75) is 12.8 Å². The summed E-state index contributed by atoms with van der Waals surface area (Å²) in [6.45, 7) is 2.70. The third-order valence-electron chi connectivity index (χ3n) is 3.14. The zero-order chi connectivity index (χ0) is 13.7. The molecule has 2 aromatic carbocycles. The fourth-order valence-corrected chi connectivity index (χ4v) is 1.96. The van der Waals surface area contributed by atoms with E-state index in [0.717, 1.165) is 17.0 Å². The summed E-state index contributed by atoms with van der Waals surface area (Å²) >= 11 is 0. The summed E-state index contributed by atoms with van der Waals surface area (Å²) in [4.78, 5) is 0. The Labute approximate surface area is 113 Å². The van der Waals surface area contributed by atoms with Gasteiger partial charge in [-0.05, 0) is 35.9 Å². The predicted molar refractivity (Wildman–Crippen MR) is 76.3 cm³/mol. The molecule has 3 heteroatoms. The first-order valence-corrected chi connectivity index (χ1v) is 6.33. The first-order valence-electron chi connectivity index (χ1n) is 6.33. The number of methoxy groups -OCH3 is 1. The fraction of sp³-hybridized carbons (Fsp3) is 0.250. The number of hydrogen-bond donors (Lipinski definition) is 1. The van der Waals surface area contributed by atoms with Gasteiger partial charge in [0.15, 0.2) is 0 Å². The Kier molecular flexibility index (Phi) is 4.39. The number of anilines is 1. The van der Waals surface area contributed by atoms with Crippen molar-refractivity contribution in [1.29, 1.82) is 0 Å². The monoisotopic (exact) mass is 259 g/mol. The maximum absolute atomic E-state index is 13.6. The summed E-state index contributed by atoms with van der Waals surface area (Å²) in [5.74, 6) is 0.794. The van der Waals surface area contributed by atoms with Crippen molar-refractivity contribution in [3.05, 3.63) is 59.9 Å². The van der Waals surface area contributed by atoms with Gasteiger partial charge in [-0.25, -0.2) is 4.39 Å². The van der Waals surface area contributed by atoms with Gasteiger partial charge in [-0.2, -0.15) is 0 Å². The SMILES string of the molecule is COc1ccc(NC[C@H](C)c2ccccc2F)cc1. The Hall–Kier alpha value is -2.03. The second-order valence-electron chi connectivity index (χ2n) is 4.53. The average molecular weight is 259 g/mol. The number of rotatable bonds is 5. The smallest absolute Gasteiger partial charge is 0.126 e. The molecule has 0 amide bonds. The molecule has 100 valence electrons. The molecular formula is C16H18FNO. The molecule has 0 radical (unpaired) electrons. The summed E-state index contributed by atoms with van der Waals surface area (Å²) in [5, 5.41) is 3.30. The molecular weight excluding hydrogens is 241 g/mol. The first-order chi connectivity index (χ1) is 9.20. The quantitative estimate of drug-likeness (QED) is 0.874. The Morgan fingerprint density at radius 3 is 2.42 bits per heavy atom.